The second kappa shape index (κ2) is 7.14. The molecule has 0 amide bonds. The van der Waals surface area contributed by atoms with Crippen molar-refractivity contribution in [1.29, 1.82) is 0 Å². The van der Waals surface area contributed by atoms with Gasteiger partial charge in [0.05, 0.1) is 19.8 Å². The van der Waals surface area contributed by atoms with E-state index in [2.05, 4.69) is 0 Å². The van der Waals surface area contributed by atoms with Gasteiger partial charge in [0.1, 0.15) is 0 Å². The molecule has 1 fully saturated rings. The Morgan fingerprint density at radius 2 is 1.36 bits per heavy atom. The van der Waals surface area contributed by atoms with Gasteiger partial charge in [-0.25, -0.2) is 0 Å². The van der Waals surface area contributed by atoms with Crippen molar-refractivity contribution in [2.75, 3.05) is 14.2 Å². The second-order valence-corrected chi connectivity index (χ2v) is 6.36. The smallest absolute Gasteiger partial charge is 0.416 e. The summed E-state index contributed by atoms with van der Waals surface area (Å²) in [4.78, 5) is 24.7. The number of hydrogen-bond acceptors (Lipinski definition) is 4. The van der Waals surface area contributed by atoms with Crippen molar-refractivity contribution >= 4 is 17.5 Å². The molecular formula is C21H17F3O4. The largest absolute Gasteiger partial charge is 0.468 e. The third-order valence-electron chi connectivity index (χ3n) is 4.76. The highest BCUT2D eigenvalue weighted by atomic mass is 19.4. The molecule has 0 saturated heterocycles. The van der Waals surface area contributed by atoms with E-state index in [4.69, 9.17) is 9.47 Å². The van der Waals surface area contributed by atoms with Gasteiger partial charge in [-0.05, 0) is 34.4 Å². The summed E-state index contributed by atoms with van der Waals surface area (Å²) in [6, 6.07) is 13.4. The van der Waals surface area contributed by atoms with Gasteiger partial charge < -0.3 is 9.47 Å². The average molecular weight is 390 g/mol. The first-order chi connectivity index (χ1) is 13.3. The number of benzene rings is 2. The normalized spacial score (nSPS) is 16.9. The lowest BCUT2D eigenvalue weighted by molar-refractivity contribution is -0.160. The van der Waals surface area contributed by atoms with Crippen LogP contribution in [-0.4, -0.2) is 26.2 Å². The molecule has 4 nitrogen and oxygen atoms in total. The number of esters is 2. The summed E-state index contributed by atoms with van der Waals surface area (Å²) in [5, 5.41) is 0. The summed E-state index contributed by atoms with van der Waals surface area (Å²) in [5.74, 6) is -1.51. The van der Waals surface area contributed by atoms with Gasteiger partial charge in [0.2, 0.25) is 0 Å². The van der Waals surface area contributed by atoms with E-state index >= 15 is 0 Å². The molecule has 0 aromatic heterocycles. The Balaban J connectivity index is 2.19. The van der Waals surface area contributed by atoms with E-state index in [1.54, 1.807) is 30.3 Å². The van der Waals surface area contributed by atoms with Gasteiger partial charge in [0, 0.05) is 6.42 Å². The molecule has 2 aromatic rings. The zero-order valence-electron chi connectivity index (χ0n) is 15.2. The van der Waals surface area contributed by atoms with E-state index in [-0.39, 0.29) is 6.42 Å². The molecule has 2 aromatic carbocycles. The van der Waals surface area contributed by atoms with Gasteiger partial charge in [0.15, 0.2) is 5.41 Å². The molecule has 0 spiro atoms. The molecule has 28 heavy (non-hydrogen) atoms. The van der Waals surface area contributed by atoms with Crippen molar-refractivity contribution < 1.29 is 32.2 Å². The summed E-state index contributed by atoms with van der Waals surface area (Å²) in [5.41, 5.74) is -0.244. The van der Waals surface area contributed by atoms with E-state index in [0.717, 1.165) is 12.1 Å². The Hall–Kier alpha value is -3.09. The molecule has 0 unspecified atom stereocenters. The molecule has 0 heterocycles. The lowest BCUT2D eigenvalue weighted by Gasteiger charge is -2.14. The third-order valence-corrected chi connectivity index (χ3v) is 4.76. The zero-order valence-corrected chi connectivity index (χ0v) is 15.2. The molecule has 146 valence electrons. The van der Waals surface area contributed by atoms with Crippen molar-refractivity contribution in [3.63, 3.8) is 0 Å². The number of halogens is 3. The van der Waals surface area contributed by atoms with Crippen LogP contribution in [0.15, 0.2) is 60.2 Å². The van der Waals surface area contributed by atoms with Crippen LogP contribution in [0.1, 0.15) is 23.1 Å². The van der Waals surface area contributed by atoms with Crippen LogP contribution in [0, 0.1) is 5.41 Å². The van der Waals surface area contributed by atoms with Crippen molar-refractivity contribution in [1.82, 2.24) is 0 Å². The molecule has 1 aliphatic carbocycles. The number of carbonyl (C=O) groups excluding carboxylic acids is 2. The number of hydrogen-bond donors (Lipinski definition) is 0. The summed E-state index contributed by atoms with van der Waals surface area (Å²) >= 11 is 0. The van der Waals surface area contributed by atoms with Crippen LogP contribution in [-0.2, 0) is 25.2 Å². The van der Waals surface area contributed by atoms with Crippen LogP contribution in [0.5, 0.6) is 0 Å². The molecule has 0 bridgehead atoms. The number of rotatable bonds is 4. The fourth-order valence-electron chi connectivity index (χ4n) is 3.29. The predicted octanol–water partition coefficient (Wildman–Crippen LogP) is 4.24. The van der Waals surface area contributed by atoms with E-state index in [1.165, 1.54) is 26.4 Å². The van der Waals surface area contributed by atoms with Gasteiger partial charge in [-0.15, -0.1) is 0 Å². The van der Waals surface area contributed by atoms with E-state index in [9.17, 15) is 22.8 Å². The van der Waals surface area contributed by atoms with E-state index in [1.807, 2.05) is 0 Å². The van der Waals surface area contributed by atoms with Gasteiger partial charge in [-0.2, -0.15) is 13.2 Å². The van der Waals surface area contributed by atoms with Crippen molar-refractivity contribution in [2.45, 2.75) is 12.6 Å². The summed E-state index contributed by atoms with van der Waals surface area (Å²) < 4.78 is 48.3. The Morgan fingerprint density at radius 3 is 1.82 bits per heavy atom. The first-order valence-electron chi connectivity index (χ1n) is 8.39. The molecule has 3 rings (SSSR count). The quantitative estimate of drug-likeness (QED) is 0.579. The van der Waals surface area contributed by atoms with E-state index in [0.29, 0.717) is 22.3 Å². The fourth-order valence-corrected chi connectivity index (χ4v) is 3.29. The summed E-state index contributed by atoms with van der Waals surface area (Å²) in [6.07, 6.45) is -4.38. The third kappa shape index (κ3) is 3.28. The molecule has 0 atom stereocenters. The van der Waals surface area contributed by atoms with Crippen molar-refractivity contribution in [2.24, 2.45) is 5.41 Å². The maximum absolute atomic E-state index is 12.9. The monoisotopic (exact) mass is 390 g/mol. The Bertz CT molecular complexity index is 912. The lowest BCUT2D eigenvalue weighted by atomic mass is 9.93. The summed E-state index contributed by atoms with van der Waals surface area (Å²) in [7, 11) is 2.34. The average Bonchev–Trinajstić information content (AvgIpc) is 3.43. The van der Waals surface area contributed by atoms with Gasteiger partial charge in [-0.3, -0.25) is 9.59 Å². The molecule has 1 aliphatic rings. The number of alkyl halides is 3. The number of ether oxygens (including phenoxy) is 2. The molecule has 1 saturated carbocycles. The molecule has 0 aliphatic heterocycles. The minimum atomic E-state index is -4.46. The Labute approximate surface area is 159 Å². The standard InChI is InChI=1S/C21H17F3O4/c1-27-18(25)20(19(26)28-2)12-16(20)17(13-6-4-3-5-7-13)14-8-10-15(11-9-14)21(22,23)24/h3-11H,12H2,1-2H3/b17-16-. The van der Waals surface area contributed by atoms with Crippen LogP contribution in [0.4, 0.5) is 13.2 Å². The van der Waals surface area contributed by atoms with Gasteiger partial charge in [-0.1, -0.05) is 42.5 Å². The van der Waals surface area contributed by atoms with Crippen LogP contribution in [0.25, 0.3) is 5.57 Å². The van der Waals surface area contributed by atoms with Gasteiger partial charge >= 0.3 is 18.1 Å². The summed E-state index contributed by atoms with van der Waals surface area (Å²) in [6.45, 7) is 0. The molecule has 0 N–H and O–H groups in total. The molecule has 7 heteroatoms. The zero-order chi connectivity index (χ0) is 20.5. The number of carbonyl (C=O) groups is 2. The Kier molecular flexibility index (Phi) is 5.02. The highest BCUT2D eigenvalue weighted by molar-refractivity contribution is 6.12. The second-order valence-electron chi connectivity index (χ2n) is 6.36. The molecular weight excluding hydrogens is 373 g/mol. The fraction of sp³-hybridized carbons (Fsp3) is 0.238. The highest BCUT2D eigenvalue weighted by Crippen LogP contribution is 2.58. The van der Waals surface area contributed by atoms with Crippen molar-refractivity contribution in [3.8, 4) is 0 Å². The number of methoxy groups -OCH3 is 2. The van der Waals surface area contributed by atoms with Crippen molar-refractivity contribution in [3.05, 3.63) is 76.9 Å². The van der Waals surface area contributed by atoms with Crippen LogP contribution < -0.4 is 0 Å². The minimum absolute atomic E-state index is 0.0809. The first-order valence-corrected chi connectivity index (χ1v) is 8.39. The first kappa shape index (κ1) is 19.7. The topological polar surface area (TPSA) is 52.6 Å². The Morgan fingerprint density at radius 1 is 0.857 bits per heavy atom. The lowest BCUT2D eigenvalue weighted by Crippen LogP contribution is -2.29. The predicted molar refractivity (Wildman–Crippen MR) is 95.0 cm³/mol. The van der Waals surface area contributed by atoms with E-state index < -0.39 is 29.1 Å². The van der Waals surface area contributed by atoms with Crippen LogP contribution in [0.2, 0.25) is 0 Å². The van der Waals surface area contributed by atoms with Crippen LogP contribution >= 0.6 is 0 Å². The maximum atomic E-state index is 12.9. The maximum Gasteiger partial charge on any atom is 0.416 e. The van der Waals surface area contributed by atoms with Crippen LogP contribution in [0.3, 0.4) is 0 Å². The SMILES string of the molecule is COC(=O)C1(C(=O)OC)C/C1=C(\c1ccccc1)c1ccc(C(F)(F)F)cc1. The minimum Gasteiger partial charge on any atom is -0.468 e. The molecule has 0 radical (unpaired) electrons. The highest BCUT2D eigenvalue weighted by Gasteiger charge is 2.65. The van der Waals surface area contributed by atoms with Gasteiger partial charge in [0.25, 0.3) is 0 Å².